The number of rotatable bonds is 2. The molecule has 0 amide bonds. The summed E-state index contributed by atoms with van der Waals surface area (Å²) in [5.74, 6) is 0. The fraction of sp³-hybridized carbons (Fsp3) is 0.143. The van der Waals surface area contributed by atoms with E-state index < -0.39 is 0 Å². The molecule has 0 aliphatic rings. The molecule has 0 saturated heterocycles. The van der Waals surface area contributed by atoms with Crippen LogP contribution in [0.25, 0.3) is 21.9 Å². The lowest BCUT2D eigenvalue weighted by atomic mass is 10.1. The Morgan fingerprint density at radius 2 is 1.88 bits per heavy atom. The van der Waals surface area contributed by atoms with Crippen molar-refractivity contribution in [3.05, 3.63) is 47.0 Å². The summed E-state index contributed by atoms with van der Waals surface area (Å²) in [5.41, 5.74) is 2.75. The summed E-state index contributed by atoms with van der Waals surface area (Å²) < 4.78 is 5.75. The van der Waals surface area contributed by atoms with E-state index in [0.29, 0.717) is 11.4 Å². The molecule has 3 rings (SSSR count). The van der Waals surface area contributed by atoms with Crippen molar-refractivity contribution in [1.82, 2.24) is 0 Å². The summed E-state index contributed by atoms with van der Waals surface area (Å²) in [6, 6.07) is 11.6. The molecule has 2 aromatic carbocycles. The number of halogens is 1. The minimum Gasteiger partial charge on any atom is -0.456 e. The molecule has 0 fully saturated rings. The molecule has 3 heteroatoms. The van der Waals surface area contributed by atoms with Gasteiger partial charge in [0.05, 0.1) is 0 Å². The van der Waals surface area contributed by atoms with Gasteiger partial charge in [0.15, 0.2) is 0 Å². The lowest BCUT2D eigenvalue weighted by Gasteiger charge is -1.96. The molecule has 1 aromatic heterocycles. The average Bonchev–Trinajstić information content (AvgIpc) is 2.66. The van der Waals surface area contributed by atoms with Gasteiger partial charge in [-0.05, 0) is 36.2 Å². The van der Waals surface area contributed by atoms with Crippen LogP contribution in [-0.4, -0.2) is 11.7 Å². The second-order valence-corrected chi connectivity index (χ2v) is 4.48. The van der Waals surface area contributed by atoms with E-state index in [0.717, 1.165) is 27.5 Å². The van der Waals surface area contributed by atoms with Crippen molar-refractivity contribution in [1.29, 1.82) is 0 Å². The third kappa shape index (κ3) is 1.79. The topological polar surface area (TPSA) is 33.4 Å². The molecule has 0 aliphatic carbocycles. The van der Waals surface area contributed by atoms with Gasteiger partial charge < -0.3 is 9.52 Å². The first-order chi connectivity index (χ1) is 8.28. The zero-order valence-electron chi connectivity index (χ0n) is 9.11. The van der Waals surface area contributed by atoms with Crippen molar-refractivity contribution < 1.29 is 9.52 Å². The van der Waals surface area contributed by atoms with Gasteiger partial charge in [0.2, 0.25) is 0 Å². The summed E-state index contributed by atoms with van der Waals surface area (Å²) in [4.78, 5) is 0. The van der Waals surface area contributed by atoms with E-state index in [1.165, 1.54) is 0 Å². The van der Waals surface area contributed by atoms with E-state index >= 15 is 0 Å². The molecule has 0 radical (unpaired) electrons. The summed E-state index contributed by atoms with van der Waals surface area (Å²) >= 11 is 5.98. The Morgan fingerprint density at radius 3 is 2.71 bits per heavy atom. The Balaban J connectivity index is 2.28. The number of fused-ring (bicyclic) bond motifs is 3. The van der Waals surface area contributed by atoms with Crippen LogP contribution in [0.4, 0.5) is 0 Å². The molecule has 0 spiro atoms. The summed E-state index contributed by atoms with van der Waals surface area (Å²) in [5, 5.41) is 11.7. The fourth-order valence-electron chi connectivity index (χ4n) is 2.08. The fourth-order valence-corrected chi connectivity index (χ4v) is 2.25. The predicted octanol–water partition coefficient (Wildman–Crippen LogP) is 3.77. The maximum Gasteiger partial charge on any atom is 0.135 e. The van der Waals surface area contributed by atoms with Gasteiger partial charge in [-0.1, -0.05) is 23.7 Å². The Hall–Kier alpha value is -1.51. The van der Waals surface area contributed by atoms with E-state index in [2.05, 4.69) is 0 Å². The summed E-state index contributed by atoms with van der Waals surface area (Å²) in [6.45, 7) is 0.150. The predicted molar refractivity (Wildman–Crippen MR) is 69.5 cm³/mol. The molecule has 0 aliphatic heterocycles. The van der Waals surface area contributed by atoms with Crippen LogP contribution >= 0.6 is 11.6 Å². The maximum absolute atomic E-state index is 8.92. The first-order valence-corrected chi connectivity index (χ1v) is 5.87. The van der Waals surface area contributed by atoms with Crippen LogP contribution in [0, 0.1) is 0 Å². The smallest absolute Gasteiger partial charge is 0.135 e. The van der Waals surface area contributed by atoms with Crippen molar-refractivity contribution >= 4 is 33.5 Å². The number of hydrogen-bond acceptors (Lipinski definition) is 2. The van der Waals surface area contributed by atoms with Crippen LogP contribution in [0.3, 0.4) is 0 Å². The van der Waals surface area contributed by atoms with Crippen LogP contribution in [0.1, 0.15) is 5.56 Å². The Bertz CT molecular complexity index is 685. The highest BCUT2D eigenvalue weighted by atomic mass is 35.5. The van der Waals surface area contributed by atoms with Crippen molar-refractivity contribution in [3.63, 3.8) is 0 Å². The largest absolute Gasteiger partial charge is 0.456 e. The quantitative estimate of drug-likeness (QED) is 0.747. The van der Waals surface area contributed by atoms with Gasteiger partial charge in [-0.15, -0.1) is 0 Å². The lowest BCUT2D eigenvalue weighted by Crippen LogP contribution is -1.88. The van der Waals surface area contributed by atoms with Crippen molar-refractivity contribution in [2.75, 3.05) is 6.61 Å². The van der Waals surface area contributed by atoms with E-state index in [4.69, 9.17) is 21.1 Å². The second-order valence-electron chi connectivity index (χ2n) is 4.05. The zero-order valence-corrected chi connectivity index (χ0v) is 9.87. The molecule has 0 atom stereocenters. The average molecular weight is 247 g/mol. The van der Waals surface area contributed by atoms with Crippen LogP contribution in [0.5, 0.6) is 0 Å². The molecule has 1 heterocycles. The number of hydrogen-bond donors (Lipinski definition) is 1. The maximum atomic E-state index is 8.92. The monoisotopic (exact) mass is 246 g/mol. The van der Waals surface area contributed by atoms with E-state index in [-0.39, 0.29) is 6.61 Å². The second kappa shape index (κ2) is 4.06. The Labute approximate surface area is 103 Å². The highest BCUT2D eigenvalue weighted by molar-refractivity contribution is 6.31. The van der Waals surface area contributed by atoms with E-state index in [1.807, 2.05) is 36.4 Å². The lowest BCUT2D eigenvalue weighted by molar-refractivity contribution is 0.299. The third-order valence-corrected chi connectivity index (χ3v) is 3.13. The van der Waals surface area contributed by atoms with Gasteiger partial charge >= 0.3 is 0 Å². The Morgan fingerprint density at radius 1 is 1.00 bits per heavy atom. The van der Waals surface area contributed by atoms with Gasteiger partial charge in [-0.3, -0.25) is 0 Å². The normalized spacial score (nSPS) is 11.4. The highest BCUT2D eigenvalue weighted by Crippen LogP contribution is 2.31. The molecular weight excluding hydrogens is 236 g/mol. The van der Waals surface area contributed by atoms with Gasteiger partial charge in [0.1, 0.15) is 11.2 Å². The van der Waals surface area contributed by atoms with Crippen LogP contribution in [0.15, 0.2) is 40.8 Å². The minimum atomic E-state index is 0.150. The number of aliphatic hydroxyl groups excluding tert-OH is 1. The minimum absolute atomic E-state index is 0.150. The van der Waals surface area contributed by atoms with Gasteiger partial charge in [-0.25, -0.2) is 0 Å². The summed E-state index contributed by atoms with van der Waals surface area (Å²) in [7, 11) is 0. The molecule has 0 bridgehead atoms. The molecule has 86 valence electrons. The van der Waals surface area contributed by atoms with Gasteiger partial charge in [-0.2, -0.15) is 0 Å². The van der Waals surface area contributed by atoms with Crippen LogP contribution < -0.4 is 0 Å². The highest BCUT2D eigenvalue weighted by Gasteiger charge is 2.07. The summed E-state index contributed by atoms with van der Waals surface area (Å²) in [6.07, 6.45) is 0.647. The number of aliphatic hydroxyl groups is 1. The Kier molecular flexibility index (Phi) is 2.54. The molecular formula is C14H11ClO2. The first kappa shape index (κ1) is 10.6. The molecule has 1 N–H and O–H groups in total. The third-order valence-electron chi connectivity index (χ3n) is 2.90. The standard InChI is InChI=1S/C14H11ClO2/c15-10-2-4-13-12(8-10)11-3-1-9(5-6-16)7-14(11)17-13/h1-4,7-8,16H,5-6H2. The number of furan rings is 1. The zero-order chi connectivity index (χ0) is 11.8. The van der Waals surface area contributed by atoms with E-state index in [1.54, 1.807) is 0 Å². The van der Waals surface area contributed by atoms with Gasteiger partial charge in [0, 0.05) is 22.4 Å². The SMILES string of the molecule is OCCc1ccc2c(c1)oc1ccc(Cl)cc12. The van der Waals surface area contributed by atoms with Crippen LogP contribution in [-0.2, 0) is 6.42 Å². The molecule has 3 aromatic rings. The van der Waals surface area contributed by atoms with Crippen molar-refractivity contribution in [2.45, 2.75) is 6.42 Å². The first-order valence-electron chi connectivity index (χ1n) is 5.49. The van der Waals surface area contributed by atoms with Gasteiger partial charge in [0.25, 0.3) is 0 Å². The number of benzene rings is 2. The molecule has 17 heavy (non-hydrogen) atoms. The molecule has 2 nitrogen and oxygen atoms in total. The van der Waals surface area contributed by atoms with Crippen LogP contribution in [0.2, 0.25) is 5.02 Å². The van der Waals surface area contributed by atoms with Crippen molar-refractivity contribution in [3.8, 4) is 0 Å². The molecule has 0 unspecified atom stereocenters. The molecule has 0 saturated carbocycles. The van der Waals surface area contributed by atoms with Crippen molar-refractivity contribution in [2.24, 2.45) is 0 Å². The van der Waals surface area contributed by atoms with E-state index in [9.17, 15) is 0 Å².